The highest BCUT2D eigenvalue weighted by atomic mass is 16.5. The maximum Gasteiger partial charge on any atom is 0.320 e. The Bertz CT molecular complexity index is 331. The molecule has 1 fully saturated rings. The molecule has 2 amide bonds. The fraction of sp³-hybridized carbons (Fsp3) is 0.846. The molecule has 7 heteroatoms. The van der Waals surface area contributed by atoms with E-state index in [1.807, 2.05) is 13.8 Å². The van der Waals surface area contributed by atoms with Crippen LogP contribution in [0.3, 0.4) is 0 Å². The highest BCUT2D eigenvalue weighted by Gasteiger charge is 2.40. The average molecular weight is 288 g/mol. The Labute approximate surface area is 119 Å². The molecule has 1 aliphatic heterocycles. The lowest BCUT2D eigenvalue weighted by atomic mass is 10.0. The first kappa shape index (κ1) is 16.7. The van der Waals surface area contributed by atoms with E-state index in [0.717, 1.165) is 6.42 Å². The lowest BCUT2D eigenvalue weighted by Crippen LogP contribution is -2.52. The molecule has 0 radical (unpaired) electrons. The summed E-state index contributed by atoms with van der Waals surface area (Å²) in [7, 11) is 0. The van der Waals surface area contributed by atoms with Gasteiger partial charge in [0, 0.05) is 19.6 Å². The van der Waals surface area contributed by atoms with Crippen molar-refractivity contribution in [2.45, 2.75) is 26.3 Å². The van der Waals surface area contributed by atoms with E-state index in [1.165, 1.54) is 4.90 Å². The fourth-order valence-corrected chi connectivity index (χ4v) is 2.47. The van der Waals surface area contributed by atoms with Gasteiger partial charge in [0.05, 0.1) is 25.9 Å². The van der Waals surface area contributed by atoms with Crippen LogP contribution in [0.5, 0.6) is 0 Å². The van der Waals surface area contributed by atoms with E-state index in [-0.39, 0.29) is 32.4 Å². The van der Waals surface area contributed by atoms with Crippen molar-refractivity contribution in [1.82, 2.24) is 9.80 Å². The summed E-state index contributed by atoms with van der Waals surface area (Å²) >= 11 is 0. The number of amides is 2. The number of nitrogens with zero attached hydrogens (tertiary/aromatic N) is 2. The minimum atomic E-state index is -0.942. The van der Waals surface area contributed by atoms with Crippen molar-refractivity contribution in [3.63, 3.8) is 0 Å². The predicted molar refractivity (Wildman–Crippen MR) is 72.5 cm³/mol. The Morgan fingerprint density at radius 2 is 1.95 bits per heavy atom. The number of likely N-dealkylation sites (N-methyl/N-ethyl adjacent to an activating group) is 1. The summed E-state index contributed by atoms with van der Waals surface area (Å²) < 4.78 is 5.22. The monoisotopic (exact) mass is 288 g/mol. The number of hydrogen-bond donors (Lipinski definition) is 2. The first-order chi connectivity index (χ1) is 9.56. The van der Waals surface area contributed by atoms with E-state index in [2.05, 4.69) is 0 Å². The van der Waals surface area contributed by atoms with Crippen molar-refractivity contribution in [2.75, 3.05) is 39.5 Å². The van der Waals surface area contributed by atoms with Crippen LogP contribution in [0.2, 0.25) is 0 Å². The quantitative estimate of drug-likeness (QED) is 0.700. The van der Waals surface area contributed by atoms with Gasteiger partial charge in [-0.3, -0.25) is 4.79 Å². The number of rotatable bonds is 7. The first-order valence-electron chi connectivity index (χ1n) is 7.03. The average Bonchev–Trinajstić information content (AvgIpc) is 2.88. The third-order valence-corrected chi connectivity index (χ3v) is 3.49. The second-order valence-corrected chi connectivity index (χ2v) is 4.83. The summed E-state index contributed by atoms with van der Waals surface area (Å²) in [5, 5.41) is 18.2. The largest absolute Gasteiger partial charge is 0.481 e. The summed E-state index contributed by atoms with van der Waals surface area (Å²) in [5.41, 5.74) is 0. The topological polar surface area (TPSA) is 90.3 Å². The van der Waals surface area contributed by atoms with Gasteiger partial charge in [-0.25, -0.2) is 4.79 Å². The maximum atomic E-state index is 12.5. The fourth-order valence-electron chi connectivity index (χ4n) is 2.47. The lowest BCUT2D eigenvalue weighted by Gasteiger charge is -2.34. The SMILES string of the molecule is CCCN(CCO)C(=O)N(CC)C1COCC1C(=O)O. The van der Waals surface area contributed by atoms with Gasteiger partial charge < -0.3 is 24.7 Å². The molecule has 7 nitrogen and oxygen atoms in total. The molecular weight excluding hydrogens is 264 g/mol. The van der Waals surface area contributed by atoms with Crippen LogP contribution >= 0.6 is 0 Å². The molecular formula is C13H24N2O5. The van der Waals surface area contributed by atoms with Crippen molar-refractivity contribution >= 4 is 12.0 Å². The Kier molecular flexibility index (Phi) is 6.74. The smallest absolute Gasteiger partial charge is 0.320 e. The number of carboxylic acids is 1. The van der Waals surface area contributed by atoms with Crippen LogP contribution in [0.4, 0.5) is 4.79 Å². The summed E-state index contributed by atoms with van der Waals surface area (Å²) in [4.78, 5) is 26.8. The minimum Gasteiger partial charge on any atom is -0.481 e. The number of carbonyl (C=O) groups is 2. The van der Waals surface area contributed by atoms with Crippen LogP contribution in [0.1, 0.15) is 20.3 Å². The molecule has 1 aliphatic rings. The zero-order chi connectivity index (χ0) is 15.1. The van der Waals surface area contributed by atoms with Gasteiger partial charge in [-0.15, -0.1) is 0 Å². The highest BCUT2D eigenvalue weighted by Crippen LogP contribution is 2.21. The molecule has 1 heterocycles. The number of ether oxygens (including phenoxy) is 1. The number of hydrogen-bond acceptors (Lipinski definition) is 4. The zero-order valence-electron chi connectivity index (χ0n) is 12.1. The number of carboxylic acid groups (broad SMARTS) is 1. The molecule has 116 valence electrons. The van der Waals surface area contributed by atoms with E-state index in [0.29, 0.717) is 13.1 Å². The number of aliphatic carboxylic acids is 1. The van der Waals surface area contributed by atoms with E-state index >= 15 is 0 Å². The van der Waals surface area contributed by atoms with Gasteiger partial charge >= 0.3 is 12.0 Å². The van der Waals surface area contributed by atoms with Crippen LogP contribution in [-0.2, 0) is 9.53 Å². The molecule has 0 aliphatic carbocycles. The number of urea groups is 1. The number of aliphatic hydroxyl groups is 1. The summed E-state index contributed by atoms with van der Waals surface area (Å²) in [6, 6.07) is -0.673. The third-order valence-electron chi connectivity index (χ3n) is 3.49. The molecule has 0 saturated carbocycles. The Morgan fingerprint density at radius 1 is 1.25 bits per heavy atom. The maximum absolute atomic E-state index is 12.5. The van der Waals surface area contributed by atoms with Crippen LogP contribution in [0, 0.1) is 5.92 Å². The molecule has 2 atom stereocenters. The first-order valence-corrected chi connectivity index (χ1v) is 7.03. The standard InChI is InChI=1S/C13H24N2O5/c1-3-5-14(6-7-16)13(19)15(4-2)11-9-20-8-10(11)12(17)18/h10-11,16H,3-9H2,1-2H3,(H,17,18). The second-order valence-electron chi connectivity index (χ2n) is 4.83. The zero-order valence-corrected chi connectivity index (χ0v) is 12.1. The Morgan fingerprint density at radius 3 is 2.45 bits per heavy atom. The van der Waals surface area contributed by atoms with E-state index in [4.69, 9.17) is 9.84 Å². The van der Waals surface area contributed by atoms with Gasteiger partial charge in [-0.1, -0.05) is 6.92 Å². The molecule has 0 aromatic heterocycles. The van der Waals surface area contributed by atoms with E-state index in [9.17, 15) is 14.7 Å². The third kappa shape index (κ3) is 3.83. The van der Waals surface area contributed by atoms with Crippen molar-refractivity contribution in [1.29, 1.82) is 0 Å². The van der Waals surface area contributed by atoms with Crippen molar-refractivity contribution < 1.29 is 24.5 Å². The molecule has 20 heavy (non-hydrogen) atoms. The summed E-state index contributed by atoms with van der Waals surface area (Å²) in [6.07, 6.45) is 0.785. The normalized spacial score (nSPS) is 21.8. The molecule has 2 unspecified atom stereocenters. The van der Waals surface area contributed by atoms with E-state index in [1.54, 1.807) is 4.90 Å². The second kappa shape index (κ2) is 8.06. The number of carbonyl (C=O) groups excluding carboxylic acids is 1. The highest BCUT2D eigenvalue weighted by molar-refractivity contribution is 5.77. The molecule has 0 aromatic rings. The molecule has 1 rings (SSSR count). The van der Waals surface area contributed by atoms with Gasteiger partial charge in [0.1, 0.15) is 5.92 Å². The van der Waals surface area contributed by atoms with Gasteiger partial charge in [0.2, 0.25) is 0 Å². The van der Waals surface area contributed by atoms with E-state index < -0.39 is 17.9 Å². The summed E-state index contributed by atoms with van der Waals surface area (Å²) in [5.74, 6) is -1.63. The van der Waals surface area contributed by atoms with Crippen molar-refractivity contribution in [2.24, 2.45) is 5.92 Å². The minimum absolute atomic E-state index is 0.104. The molecule has 2 N–H and O–H groups in total. The van der Waals surface area contributed by atoms with Gasteiger partial charge in [0.15, 0.2) is 0 Å². The lowest BCUT2D eigenvalue weighted by molar-refractivity contribution is -0.142. The molecule has 0 aromatic carbocycles. The van der Waals surface area contributed by atoms with Crippen molar-refractivity contribution in [3.05, 3.63) is 0 Å². The van der Waals surface area contributed by atoms with Crippen LogP contribution in [0.25, 0.3) is 0 Å². The van der Waals surface area contributed by atoms with Gasteiger partial charge in [-0.05, 0) is 13.3 Å². The van der Waals surface area contributed by atoms with Crippen LogP contribution < -0.4 is 0 Å². The van der Waals surface area contributed by atoms with Crippen LogP contribution in [0.15, 0.2) is 0 Å². The van der Waals surface area contributed by atoms with Gasteiger partial charge in [-0.2, -0.15) is 0 Å². The molecule has 1 saturated heterocycles. The Balaban J connectivity index is 2.82. The van der Waals surface area contributed by atoms with Crippen molar-refractivity contribution in [3.8, 4) is 0 Å². The Hall–Kier alpha value is -1.34. The summed E-state index contributed by atoms with van der Waals surface area (Å²) in [6.45, 7) is 5.27. The van der Waals surface area contributed by atoms with Crippen LogP contribution in [-0.4, -0.2) is 77.5 Å². The number of aliphatic hydroxyl groups excluding tert-OH is 1. The predicted octanol–water partition coefficient (Wildman–Crippen LogP) is 0.232. The van der Waals surface area contributed by atoms with Gasteiger partial charge in [0.25, 0.3) is 0 Å². The molecule has 0 spiro atoms. The molecule has 0 bridgehead atoms.